The minimum absolute atomic E-state index is 0.217. The number of nitrogens with two attached hydrogens (primary N) is 1. The Balaban J connectivity index is 2.62. The molecule has 0 radical (unpaired) electrons. The molecule has 0 aliphatic carbocycles. The molecule has 1 heterocycles. The van der Waals surface area contributed by atoms with Gasteiger partial charge in [-0.25, -0.2) is 5.84 Å². The third-order valence-corrected chi connectivity index (χ3v) is 2.50. The molecule has 8 heteroatoms. The van der Waals surface area contributed by atoms with Gasteiger partial charge in [-0.15, -0.1) is 10.2 Å². The molecule has 3 N–H and O–H groups in total. The lowest BCUT2D eigenvalue weighted by molar-refractivity contribution is -0.121. The normalized spacial score (nSPS) is 12.5. The van der Waals surface area contributed by atoms with Crippen molar-refractivity contribution in [1.29, 1.82) is 0 Å². The fraction of sp³-hybridized carbons (Fsp3) is 0.571. The van der Waals surface area contributed by atoms with Gasteiger partial charge in [0.25, 0.3) is 5.22 Å². The monoisotopic (exact) mass is 232 g/mol. The number of rotatable bonds is 5. The summed E-state index contributed by atoms with van der Waals surface area (Å²) in [4.78, 5) is 11.3. The maximum atomic E-state index is 11.3. The average molecular weight is 232 g/mol. The number of aryl methyl sites for hydroxylation is 1. The van der Waals surface area contributed by atoms with Gasteiger partial charge in [-0.3, -0.25) is 10.2 Å². The van der Waals surface area contributed by atoms with Crippen LogP contribution in [0.25, 0.3) is 0 Å². The van der Waals surface area contributed by atoms with Gasteiger partial charge in [0, 0.05) is 14.0 Å². The average Bonchev–Trinajstić information content (AvgIpc) is 2.62. The number of hydrogen-bond acceptors (Lipinski definition) is 7. The van der Waals surface area contributed by atoms with Crippen LogP contribution in [0.3, 0.4) is 0 Å². The fourth-order valence-electron chi connectivity index (χ4n) is 0.855. The zero-order valence-corrected chi connectivity index (χ0v) is 9.21. The van der Waals surface area contributed by atoms with E-state index in [1.165, 1.54) is 7.11 Å². The molecular formula is C7H12N4O3S. The number of hydrazine groups is 1. The van der Waals surface area contributed by atoms with E-state index in [2.05, 4.69) is 10.2 Å². The summed E-state index contributed by atoms with van der Waals surface area (Å²) in [6.45, 7) is 1.89. The van der Waals surface area contributed by atoms with Crippen LogP contribution in [0, 0.1) is 6.92 Å². The highest BCUT2D eigenvalue weighted by molar-refractivity contribution is 8.00. The van der Waals surface area contributed by atoms with E-state index >= 15 is 0 Å². The maximum absolute atomic E-state index is 11.3. The Hall–Kier alpha value is -1.12. The summed E-state index contributed by atoms with van der Waals surface area (Å²) in [5, 5.41) is 7.22. The third-order valence-electron chi connectivity index (χ3n) is 1.50. The van der Waals surface area contributed by atoms with E-state index in [4.69, 9.17) is 15.0 Å². The van der Waals surface area contributed by atoms with Crippen LogP contribution < -0.4 is 11.3 Å². The molecule has 1 amide bonds. The summed E-state index contributed by atoms with van der Waals surface area (Å²) >= 11 is 1.11. The van der Waals surface area contributed by atoms with Crippen LogP contribution in [0.1, 0.15) is 5.89 Å². The summed E-state index contributed by atoms with van der Waals surface area (Å²) < 4.78 is 10.00. The zero-order valence-electron chi connectivity index (χ0n) is 8.39. The number of carbonyl (C=O) groups is 1. The quantitative estimate of drug-likeness (QED) is 0.304. The molecule has 1 aromatic rings. The summed E-state index contributed by atoms with van der Waals surface area (Å²) in [5.41, 5.74) is 2.05. The SMILES string of the molecule is COCC(Sc1nnc(C)o1)C(=O)NN. The summed E-state index contributed by atoms with van der Waals surface area (Å²) in [6, 6.07) is 0. The number of nitrogens with one attached hydrogen (secondary N) is 1. The Morgan fingerprint density at radius 2 is 2.47 bits per heavy atom. The minimum atomic E-state index is -0.500. The molecule has 1 unspecified atom stereocenters. The van der Waals surface area contributed by atoms with Gasteiger partial charge in [0.15, 0.2) is 0 Å². The Kier molecular flexibility index (Phi) is 4.53. The van der Waals surface area contributed by atoms with Gasteiger partial charge >= 0.3 is 0 Å². The van der Waals surface area contributed by atoms with Gasteiger partial charge in [0.05, 0.1) is 6.61 Å². The first-order valence-electron chi connectivity index (χ1n) is 4.13. The Labute approximate surface area is 90.7 Å². The topological polar surface area (TPSA) is 103 Å². The number of nitrogens with zero attached hydrogens (tertiary/aromatic N) is 2. The number of amides is 1. The van der Waals surface area contributed by atoms with Crippen LogP contribution in [0.2, 0.25) is 0 Å². The molecule has 0 aromatic carbocycles. The van der Waals surface area contributed by atoms with Gasteiger partial charge in [0.1, 0.15) is 5.25 Å². The first-order valence-corrected chi connectivity index (χ1v) is 5.01. The van der Waals surface area contributed by atoms with Crippen LogP contribution in [-0.2, 0) is 9.53 Å². The molecule has 0 spiro atoms. The molecule has 84 valence electrons. The molecule has 0 saturated heterocycles. The highest BCUT2D eigenvalue weighted by Gasteiger charge is 2.21. The third kappa shape index (κ3) is 3.50. The second-order valence-corrected chi connectivity index (χ2v) is 3.81. The van der Waals surface area contributed by atoms with E-state index in [0.717, 1.165) is 11.8 Å². The Morgan fingerprint density at radius 1 is 1.73 bits per heavy atom. The molecular weight excluding hydrogens is 220 g/mol. The predicted octanol–water partition coefficient (Wildman–Crippen LogP) is -0.525. The lowest BCUT2D eigenvalue weighted by atomic mass is 10.4. The summed E-state index contributed by atoms with van der Waals surface area (Å²) in [7, 11) is 1.50. The maximum Gasteiger partial charge on any atom is 0.277 e. The predicted molar refractivity (Wildman–Crippen MR) is 52.9 cm³/mol. The number of aromatic nitrogens is 2. The first kappa shape index (κ1) is 12.0. The lowest BCUT2D eigenvalue weighted by Gasteiger charge is -2.10. The van der Waals surface area contributed by atoms with Crippen molar-refractivity contribution in [2.45, 2.75) is 17.4 Å². The second kappa shape index (κ2) is 5.69. The van der Waals surface area contributed by atoms with E-state index in [9.17, 15) is 4.79 Å². The summed E-state index contributed by atoms with van der Waals surface area (Å²) in [5.74, 6) is 5.12. The van der Waals surface area contributed by atoms with Crippen molar-refractivity contribution >= 4 is 17.7 Å². The molecule has 15 heavy (non-hydrogen) atoms. The molecule has 7 nitrogen and oxygen atoms in total. The number of carbonyl (C=O) groups excluding carboxylic acids is 1. The van der Waals surface area contributed by atoms with Crippen molar-refractivity contribution in [3.63, 3.8) is 0 Å². The number of ether oxygens (including phenoxy) is 1. The molecule has 0 fully saturated rings. The minimum Gasteiger partial charge on any atom is -0.416 e. The highest BCUT2D eigenvalue weighted by Crippen LogP contribution is 2.21. The Bertz CT molecular complexity index is 330. The van der Waals surface area contributed by atoms with Gasteiger partial charge in [-0.05, 0) is 11.8 Å². The van der Waals surface area contributed by atoms with E-state index in [0.29, 0.717) is 11.1 Å². The number of methoxy groups -OCH3 is 1. The van der Waals surface area contributed by atoms with Crippen molar-refractivity contribution < 1.29 is 13.9 Å². The van der Waals surface area contributed by atoms with Crippen molar-refractivity contribution in [1.82, 2.24) is 15.6 Å². The second-order valence-electron chi connectivity index (χ2n) is 2.66. The summed E-state index contributed by atoms with van der Waals surface area (Å²) in [6.07, 6.45) is 0. The van der Waals surface area contributed by atoms with Gasteiger partial charge in [0.2, 0.25) is 11.8 Å². The van der Waals surface area contributed by atoms with Crippen molar-refractivity contribution in [3.8, 4) is 0 Å². The van der Waals surface area contributed by atoms with Gasteiger partial charge in [-0.1, -0.05) is 0 Å². The number of thioether (sulfide) groups is 1. The first-order chi connectivity index (χ1) is 7.17. The van der Waals surface area contributed by atoms with Crippen LogP contribution in [-0.4, -0.2) is 35.1 Å². The van der Waals surface area contributed by atoms with Crippen LogP contribution in [0.15, 0.2) is 9.64 Å². The smallest absolute Gasteiger partial charge is 0.277 e. The molecule has 0 saturated carbocycles. The largest absolute Gasteiger partial charge is 0.416 e. The highest BCUT2D eigenvalue weighted by atomic mass is 32.2. The number of hydrogen-bond donors (Lipinski definition) is 2. The standard InChI is InChI=1S/C7H12N4O3S/c1-4-10-11-7(14-4)15-5(3-13-2)6(12)9-8/h5H,3,8H2,1-2H3,(H,9,12). The van der Waals surface area contributed by atoms with E-state index < -0.39 is 5.25 Å². The molecule has 1 aromatic heterocycles. The molecule has 0 aliphatic heterocycles. The van der Waals surface area contributed by atoms with Crippen molar-refractivity contribution in [2.75, 3.05) is 13.7 Å². The molecule has 0 aliphatic rings. The lowest BCUT2D eigenvalue weighted by Crippen LogP contribution is -2.39. The zero-order chi connectivity index (χ0) is 11.3. The van der Waals surface area contributed by atoms with E-state index in [-0.39, 0.29) is 12.5 Å². The molecule has 1 atom stereocenters. The van der Waals surface area contributed by atoms with Gasteiger partial charge in [-0.2, -0.15) is 0 Å². The van der Waals surface area contributed by atoms with Gasteiger partial charge < -0.3 is 9.15 Å². The molecule has 0 bridgehead atoms. The van der Waals surface area contributed by atoms with Crippen molar-refractivity contribution in [2.24, 2.45) is 5.84 Å². The molecule has 1 rings (SSSR count). The fourth-order valence-corrected chi connectivity index (χ4v) is 1.73. The van der Waals surface area contributed by atoms with Crippen LogP contribution in [0.5, 0.6) is 0 Å². The Morgan fingerprint density at radius 3 is 2.93 bits per heavy atom. The van der Waals surface area contributed by atoms with E-state index in [1.54, 1.807) is 6.92 Å². The van der Waals surface area contributed by atoms with E-state index in [1.807, 2.05) is 5.43 Å². The van der Waals surface area contributed by atoms with Crippen LogP contribution in [0.4, 0.5) is 0 Å². The van der Waals surface area contributed by atoms with Crippen molar-refractivity contribution in [3.05, 3.63) is 5.89 Å². The van der Waals surface area contributed by atoms with Crippen LogP contribution >= 0.6 is 11.8 Å².